The number of rotatable bonds is 6. The normalized spacial score (nSPS) is 10.5. The molecule has 2 aromatic carbocycles. The number of halogens is 2. The zero-order chi connectivity index (χ0) is 20.1. The molecule has 0 aliphatic rings. The molecule has 1 heterocycles. The summed E-state index contributed by atoms with van der Waals surface area (Å²) in [6, 6.07) is 13.9. The van der Waals surface area contributed by atoms with E-state index in [2.05, 4.69) is 10.3 Å². The van der Waals surface area contributed by atoms with Crippen molar-refractivity contribution in [2.75, 3.05) is 5.32 Å². The molecule has 3 rings (SSSR count). The summed E-state index contributed by atoms with van der Waals surface area (Å²) in [5.41, 5.74) is 7.14. The lowest BCUT2D eigenvalue weighted by Crippen LogP contribution is -2.15. The molecule has 142 valence electrons. The number of nitrogens with two attached hydrogens (primary N) is 1. The van der Waals surface area contributed by atoms with E-state index in [1.807, 2.05) is 0 Å². The quantitative estimate of drug-likeness (QED) is 0.580. The number of nitrogens with one attached hydrogen (secondary N) is 1. The average molecular weight is 416 g/mol. The van der Waals surface area contributed by atoms with Crippen LogP contribution in [0.3, 0.4) is 0 Å². The highest BCUT2D eigenvalue weighted by atomic mass is 35.5. The van der Waals surface area contributed by atoms with Crippen molar-refractivity contribution < 1.29 is 14.0 Å². The number of hydrogen-bond donors (Lipinski definition) is 2. The molecule has 0 aliphatic heterocycles. The number of carbonyl (C=O) groups is 2. The summed E-state index contributed by atoms with van der Waals surface area (Å²) < 4.78 is 13.0. The molecule has 5 nitrogen and oxygen atoms in total. The molecule has 0 fully saturated rings. The molecule has 0 unspecified atom stereocenters. The second kappa shape index (κ2) is 8.86. The van der Waals surface area contributed by atoms with Crippen molar-refractivity contribution in [3.8, 4) is 0 Å². The number of benzene rings is 2. The summed E-state index contributed by atoms with van der Waals surface area (Å²) in [5, 5.41) is 3.43. The Labute approximate surface area is 170 Å². The van der Waals surface area contributed by atoms with E-state index in [1.165, 1.54) is 36.0 Å². The van der Waals surface area contributed by atoms with Gasteiger partial charge in [0.25, 0.3) is 5.91 Å². The number of aromatic nitrogens is 1. The van der Waals surface area contributed by atoms with Gasteiger partial charge in [0.15, 0.2) is 0 Å². The Morgan fingerprint density at radius 1 is 1.11 bits per heavy atom. The van der Waals surface area contributed by atoms with Crippen LogP contribution in [-0.4, -0.2) is 16.8 Å². The number of hydrogen-bond acceptors (Lipinski definition) is 4. The molecule has 0 bridgehead atoms. The summed E-state index contributed by atoms with van der Waals surface area (Å²) in [6.45, 7) is 0. The van der Waals surface area contributed by atoms with Gasteiger partial charge >= 0.3 is 0 Å². The van der Waals surface area contributed by atoms with Crippen LogP contribution in [0.4, 0.5) is 10.1 Å². The van der Waals surface area contributed by atoms with Crippen molar-refractivity contribution >= 4 is 40.9 Å². The monoisotopic (exact) mass is 415 g/mol. The number of nitrogens with zero attached hydrogens (tertiary/aromatic N) is 1. The number of thioether (sulfide) groups is 1. The van der Waals surface area contributed by atoms with Crippen molar-refractivity contribution in [3.05, 3.63) is 88.3 Å². The van der Waals surface area contributed by atoms with E-state index in [-0.39, 0.29) is 22.3 Å². The van der Waals surface area contributed by atoms with Crippen LogP contribution in [0.25, 0.3) is 0 Å². The van der Waals surface area contributed by atoms with Gasteiger partial charge in [-0.2, -0.15) is 0 Å². The van der Waals surface area contributed by atoms with Gasteiger partial charge in [0.1, 0.15) is 10.8 Å². The van der Waals surface area contributed by atoms with E-state index in [4.69, 9.17) is 17.3 Å². The van der Waals surface area contributed by atoms with Crippen LogP contribution >= 0.6 is 23.4 Å². The van der Waals surface area contributed by atoms with Gasteiger partial charge in [0.2, 0.25) is 5.91 Å². The molecular weight excluding hydrogens is 401 g/mol. The fourth-order valence-corrected chi connectivity index (χ4v) is 3.62. The summed E-state index contributed by atoms with van der Waals surface area (Å²) in [4.78, 5) is 28.2. The first-order valence-corrected chi connectivity index (χ1v) is 9.53. The standard InChI is InChI=1S/C20H15ClFN3O2S/c21-17-10-14(7-8-15(17)18(23)26)25-19(27)16-2-1-9-24-20(16)28-11-12-3-5-13(22)6-4-12/h1-10H,11H2,(H2,23,26)(H,25,27). The van der Waals surface area contributed by atoms with Crippen molar-refractivity contribution in [1.82, 2.24) is 4.98 Å². The third kappa shape index (κ3) is 4.88. The first-order valence-electron chi connectivity index (χ1n) is 8.17. The fraction of sp³-hybridized carbons (Fsp3) is 0.0500. The van der Waals surface area contributed by atoms with Crippen LogP contribution in [0, 0.1) is 5.82 Å². The largest absolute Gasteiger partial charge is 0.366 e. The van der Waals surface area contributed by atoms with E-state index in [0.717, 1.165) is 5.56 Å². The maximum atomic E-state index is 13.0. The number of primary amides is 1. The highest BCUT2D eigenvalue weighted by Crippen LogP contribution is 2.26. The van der Waals surface area contributed by atoms with Gasteiger partial charge in [-0.1, -0.05) is 23.7 Å². The maximum Gasteiger partial charge on any atom is 0.258 e. The van der Waals surface area contributed by atoms with E-state index in [0.29, 0.717) is 22.0 Å². The fourth-order valence-electron chi connectivity index (χ4n) is 2.40. The lowest BCUT2D eigenvalue weighted by atomic mass is 10.2. The third-order valence-electron chi connectivity index (χ3n) is 3.80. The number of anilines is 1. The molecule has 1 aromatic heterocycles. The van der Waals surface area contributed by atoms with E-state index >= 15 is 0 Å². The van der Waals surface area contributed by atoms with Gasteiger partial charge < -0.3 is 11.1 Å². The van der Waals surface area contributed by atoms with Crippen LogP contribution in [-0.2, 0) is 5.75 Å². The first-order chi connectivity index (χ1) is 13.4. The van der Waals surface area contributed by atoms with Crippen LogP contribution in [0.1, 0.15) is 26.3 Å². The number of pyridine rings is 1. The van der Waals surface area contributed by atoms with Crippen LogP contribution in [0.2, 0.25) is 5.02 Å². The molecule has 0 spiro atoms. The topological polar surface area (TPSA) is 85.1 Å². The molecule has 0 aliphatic carbocycles. The minimum atomic E-state index is -0.644. The van der Waals surface area contributed by atoms with Gasteiger partial charge in [-0.3, -0.25) is 9.59 Å². The molecule has 28 heavy (non-hydrogen) atoms. The van der Waals surface area contributed by atoms with Crippen molar-refractivity contribution in [1.29, 1.82) is 0 Å². The van der Waals surface area contributed by atoms with E-state index < -0.39 is 5.91 Å². The van der Waals surface area contributed by atoms with E-state index in [1.54, 1.807) is 36.5 Å². The van der Waals surface area contributed by atoms with E-state index in [9.17, 15) is 14.0 Å². The zero-order valence-corrected chi connectivity index (χ0v) is 16.1. The highest BCUT2D eigenvalue weighted by molar-refractivity contribution is 7.98. The van der Waals surface area contributed by atoms with Crippen LogP contribution < -0.4 is 11.1 Å². The number of carbonyl (C=O) groups excluding carboxylic acids is 2. The van der Waals surface area contributed by atoms with Gasteiger partial charge in [-0.15, -0.1) is 11.8 Å². The Hall–Kier alpha value is -2.90. The molecular formula is C20H15ClFN3O2S. The van der Waals surface area contributed by atoms with Gasteiger partial charge in [0, 0.05) is 17.6 Å². The first kappa shape index (κ1) is 19.9. The lowest BCUT2D eigenvalue weighted by molar-refractivity contribution is 0.0998. The minimum Gasteiger partial charge on any atom is -0.366 e. The zero-order valence-electron chi connectivity index (χ0n) is 14.5. The molecule has 2 amide bonds. The molecule has 0 saturated heterocycles. The molecule has 0 saturated carbocycles. The van der Waals surface area contributed by atoms with Gasteiger partial charge in [-0.05, 0) is 48.0 Å². The summed E-state index contributed by atoms with van der Waals surface area (Å²) in [7, 11) is 0. The minimum absolute atomic E-state index is 0.155. The van der Waals surface area contributed by atoms with Crippen LogP contribution in [0.5, 0.6) is 0 Å². The Kier molecular flexibility index (Phi) is 6.28. The second-order valence-electron chi connectivity index (χ2n) is 5.78. The predicted molar refractivity (Wildman–Crippen MR) is 108 cm³/mol. The third-order valence-corrected chi connectivity index (χ3v) is 5.19. The molecule has 0 radical (unpaired) electrons. The predicted octanol–water partition coefficient (Wildman–Crippen LogP) is 4.52. The van der Waals surface area contributed by atoms with Crippen molar-refractivity contribution in [2.45, 2.75) is 10.8 Å². The Morgan fingerprint density at radius 2 is 1.86 bits per heavy atom. The number of amides is 2. The molecule has 3 aromatic rings. The smallest absolute Gasteiger partial charge is 0.258 e. The lowest BCUT2D eigenvalue weighted by Gasteiger charge is -2.10. The summed E-state index contributed by atoms with van der Waals surface area (Å²) >= 11 is 7.39. The SMILES string of the molecule is NC(=O)c1ccc(NC(=O)c2cccnc2SCc2ccc(F)cc2)cc1Cl. The van der Waals surface area contributed by atoms with Gasteiger partial charge in [0.05, 0.1) is 16.1 Å². The Morgan fingerprint density at radius 3 is 2.54 bits per heavy atom. The molecule has 3 N–H and O–H groups in total. The molecule has 8 heteroatoms. The van der Waals surface area contributed by atoms with Crippen LogP contribution in [0.15, 0.2) is 65.8 Å². The molecule has 0 atom stereocenters. The second-order valence-corrected chi connectivity index (χ2v) is 7.16. The Bertz CT molecular complexity index is 1030. The summed E-state index contributed by atoms with van der Waals surface area (Å²) in [5.74, 6) is -0.767. The van der Waals surface area contributed by atoms with Gasteiger partial charge in [-0.25, -0.2) is 9.37 Å². The summed E-state index contributed by atoms with van der Waals surface area (Å²) in [6.07, 6.45) is 1.60. The van der Waals surface area contributed by atoms with Crippen molar-refractivity contribution in [2.24, 2.45) is 5.73 Å². The maximum absolute atomic E-state index is 13.0. The highest BCUT2D eigenvalue weighted by Gasteiger charge is 2.14. The van der Waals surface area contributed by atoms with Crippen molar-refractivity contribution in [3.63, 3.8) is 0 Å². The average Bonchev–Trinajstić information content (AvgIpc) is 2.67. The Balaban J connectivity index is 1.74.